The Morgan fingerprint density at radius 1 is 0.692 bits per heavy atom. The van der Waals surface area contributed by atoms with Gasteiger partial charge >= 0.3 is 0 Å². The van der Waals surface area contributed by atoms with Crippen molar-refractivity contribution in [3.63, 3.8) is 0 Å². The maximum atomic E-state index is 14.1. The van der Waals surface area contributed by atoms with Crippen molar-refractivity contribution in [2.45, 2.75) is 96.5 Å². The van der Waals surface area contributed by atoms with Crippen molar-refractivity contribution in [3.05, 3.63) is 71.8 Å². The highest BCUT2D eigenvalue weighted by atomic mass is 16.6. The summed E-state index contributed by atoms with van der Waals surface area (Å²) in [4.78, 5) is 70.5. The van der Waals surface area contributed by atoms with Gasteiger partial charge in [-0.1, -0.05) is 88.4 Å². The zero-order chi connectivity index (χ0) is 37.7. The molecule has 12 heteroatoms. The number of nitrogens with one attached hydrogen (secondary N) is 4. The first kappa shape index (κ1) is 40.6. The van der Waals surface area contributed by atoms with Crippen molar-refractivity contribution >= 4 is 29.4 Å². The van der Waals surface area contributed by atoms with Crippen LogP contribution in [0.3, 0.4) is 0 Å². The van der Waals surface area contributed by atoms with Crippen LogP contribution in [-0.4, -0.2) is 104 Å². The summed E-state index contributed by atoms with van der Waals surface area (Å²) in [5, 5.41) is 11.7. The molecule has 0 spiro atoms. The minimum Gasteiger partial charge on any atom is -0.379 e. The number of hydrogen-bond donors (Lipinski definition) is 4. The summed E-state index contributed by atoms with van der Waals surface area (Å²) < 4.78 is 10.8. The number of hydrogen-bond acceptors (Lipinski definition) is 8. The molecule has 1 unspecified atom stereocenters. The summed E-state index contributed by atoms with van der Waals surface area (Å²) >= 11 is 0. The lowest BCUT2D eigenvalue weighted by Crippen LogP contribution is -2.59. The summed E-state index contributed by atoms with van der Waals surface area (Å²) in [7, 11) is 0. The predicted molar refractivity (Wildman–Crippen MR) is 198 cm³/mol. The predicted octanol–water partition coefficient (Wildman–Crippen LogP) is 2.58. The van der Waals surface area contributed by atoms with Crippen LogP contribution < -0.4 is 21.3 Å². The molecule has 4 rings (SSSR count). The fraction of sp³-hybridized carbons (Fsp3) is 0.575. The SMILES string of the molecule is CC(C)C[C@H](NC(=O)[C@H](CCc1ccccc1)NC(=O)CN1CCOCC1)C(=O)NC(Cc1ccccc1)C(=O)N[C@@H](CC(C)C)C(=O)[C@@]1(C)CO1. The van der Waals surface area contributed by atoms with Crippen molar-refractivity contribution in [1.29, 1.82) is 0 Å². The van der Waals surface area contributed by atoms with Crippen LogP contribution in [0, 0.1) is 11.8 Å². The minimum atomic E-state index is -1.03. The molecule has 0 bridgehead atoms. The Labute approximate surface area is 308 Å². The van der Waals surface area contributed by atoms with Gasteiger partial charge in [-0.2, -0.15) is 0 Å². The first-order chi connectivity index (χ1) is 24.8. The van der Waals surface area contributed by atoms with Crippen LogP contribution in [-0.2, 0) is 46.3 Å². The lowest BCUT2D eigenvalue weighted by molar-refractivity contribution is -0.135. The second kappa shape index (κ2) is 19.6. The topological polar surface area (TPSA) is 158 Å². The van der Waals surface area contributed by atoms with E-state index in [2.05, 4.69) is 21.3 Å². The van der Waals surface area contributed by atoms with Crippen molar-refractivity contribution in [2.75, 3.05) is 39.5 Å². The number of carbonyl (C=O) groups excluding carboxylic acids is 5. The van der Waals surface area contributed by atoms with Crippen LogP contribution in [0.1, 0.15) is 65.0 Å². The van der Waals surface area contributed by atoms with Crippen LogP contribution >= 0.6 is 0 Å². The molecule has 5 atom stereocenters. The van der Waals surface area contributed by atoms with Gasteiger partial charge in [-0.05, 0) is 55.6 Å². The fourth-order valence-electron chi connectivity index (χ4n) is 6.33. The summed E-state index contributed by atoms with van der Waals surface area (Å²) in [5.74, 6) is -1.83. The highest BCUT2D eigenvalue weighted by molar-refractivity contribution is 5.98. The highest BCUT2D eigenvalue weighted by Crippen LogP contribution is 2.29. The average Bonchev–Trinajstić information content (AvgIpc) is 3.87. The molecule has 0 radical (unpaired) electrons. The Hall–Kier alpha value is -4.13. The van der Waals surface area contributed by atoms with E-state index in [0.717, 1.165) is 11.1 Å². The van der Waals surface area contributed by atoms with Crippen molar-refractivity contribution in [2.24, 2.45) is 11.8 Å². The molecule has 284 valence electrons. The Morgan fingerprint density at radius 2 is 1.19 bits per heavy atom. The van der Waals surface area contributed by atoms with Gasteiger partial charge in [0.05, 0.1) is 32.4 Å². The normalized spacial score (nSPS) is 19.6. The number of rotatable bonds is 20. The smallest absolute Gasteiger partial charge is 0.243 e. The van der Waals surface area contributed by atoms with E-state index in [-0.39, 0.29) is 36.5 Å². The molecule has 2 aromatic rings. The monoisotopic (exact) mass is 719 g/mol. The molecule has 2 saturated heterocycles. The van der Waals surface area contributed by atoms with Gasteiger partial charge in [-0.25, -0.2) is 0 Å². The number of ketones is 1. The number of nitrogens with zero attached hydrogens (tertiary/aromatic N) is 1. The van der Waals surface area contributed by atoms with Crippen LogP contribution in [0.4, 0.5) is 0 Å². The van der Waals surface area contributed by atoms with Gasteiger partial charge in [-0.3, -0.25) is 28.9 Å². The van der Waals surface area contributed by atoms with E-state index in [4.69, 9.17) is 9.47 Å². The second-order valence-corrected chi connectivity index (χ2v) is 15.0. The van der Waals surface area contributed by atoms with E-state index < -0.39 is 47.5 Å². The van der Waals surface area contributed by atoms with Crippen molar-refractivity contribution in [3.8, 4) is 0 Å². The van der Waals surface area contributed by atoms with E-state index >= 15 is 0 Å². The van der Waals surface area contributed by atoms with Crippen LogP contribution in [0.15, 0.2) is 60.7 Å². The number of aryl methyl sites for hydroxylation is 1. The molecule has 2 heterocycles. The molecule has 52 heavy (non-hydrogen) atoms. The molecule has 4 N–H and O–H groups in total. The molecule has 0 aliphatic carbocycles. The maximum Gasteiger partial charge on any atom is 0.243 e. The zero-order valence-corrected chi connectivity index (χ0v) is 31.3. The number of amides is 4. The highest BCUT2D eigenvalue weighted by Gasteiger charge is 2.50. The van der Waals surface area contributed by atoms with E-state index in [1.807, 2.05) is 93.3 Å². The molecule has 4 amide bonds. The standard InChI is InChI=1S/C40H57N5O7/c1-27(2)22-32(36(47)40(5)26-52-40)42-39(50)34(24-30-14-10-7-11-15-30)44-38(49)33(23-28(3)4)43-37(48)31(17-16-29-12-8-6-9-13-29)41-35(46)25-45-18-20-51-21-19-45/h6-15,27-28,31-34H,16-26H2,1-5H3,(H,41,46)(H,42,50)(H,43,48)(H,44,49)/t31-,32-,33-,34?,40+/m0/s1. The first-order valence-corrected chi connectivity index (χ1v) is 18.6. The third-order valence-electron chi connectivity index (χ3n) is 9.38. The van der Waals surface area contributed by atoms with Gasteiger partial charge in [0.2, 0.25) is 23.6 Å². The summed E-state index contributed by atoms with van der Waals surface area (Å²) in [6, 6.07) is 15.3. The van der Waals surface area contributed by atoms with Gasteiger partial charge < -0.3 is 30.7 Å². The molecular formula is C40H57N5O7. The minimum absolute atomic E-state index is 0.0171. The molecule has 2 aromatic carbocycles. The first-order valence-electron chi connectivity index (χ1n) is 18.6. The Kier molecular flexibility index (Phi) is 15.3. The summed E-state index contributed by atoms with van der Waals surface area (Å²) in [6.45, 7) is 12.3. The van der Waals surface area contributed by atoms with Crippen LogP contribution in [0.5, 0.6) is 0 Å². The quantitative estimate of drug-likeness (QED) is 0.152. The molecule has 0 aromatic heterocycles. The summed E-state index contributed by atoms with van der Waals surface area (Å²) in [6.07, 6.45) is 1.76. The number of ether oxygens (including phenoxy) is 2. The zero-order valence-electron chi connectivity index (χ0n) is 31.3. The van der Waals surface area contributed by atoms with Gasteiger partial charge in [0, 0.05) is 19.5 Å². The number of Topliss-reactive ketones (excluding diaryl/α,β-unsaturated/α-hetero) is 1. The van der Waals surface area contributed by atoms with Gasteiger partial charge in [0.15, 0.2) is 5.78 Å². The summed E-state index contributed by atoms with van der Waals surface area (Å²) in [5.41, 5.74) is 0.915. The molecule has 12 nitrogen and oxygen atoms in total. The van der Waals surface area contributed by atoms with Gasteiger partial charge in [0.1, 0.15) is 23.7 Å². The molecule has 0 saturated carbocycles. The lowest BCUT2D eigenvalue weighted by atomic mass is 9.93. The molecule has 2 fully saturated rings. The third kappa shape index (κ3) is 13.1. The maximum absolute atomic E-state index is 14.1. The van der Waals surface area contributed by atoms with Crippen LogP contribution in [0.2, 0.25) is 0 Å². The number of carbonyl (C=O) groups is 5. The van der Waals surface area contributed by atoms with Gasteiger partial charge in [-0.15, -0.1) is 0 Å². The van der Waals surface area contributed by atoms with E-state index in [1.54, 1.807) is 6.92 Å². The number of benzene rings is 2. The number of morpholine rings is 1. The Balaban J connectivity index is 1.51. The van der Waals surface area contributed by atoms with E-state index in [9.17, 15) is 24.0 Å². The largest absolute Gasteiger partial charge is 0.379 e. The van der Waals surface area contributed by atoms with E-state index in [1.165, 1.54) is 0 Å². The number of epoxide rings is 1. The molecular weight excluding hydrogens is 662 g/mol. The lowest BCUT2D eigenvalue weighted by Gasteiger charge is -2.29. The Bertz CT molecular complexity index is 1480. The average molecular weight is 720 g/mol. The third-order valence-corrected chi connectivity index (χ3v) is 9.38. The molecule has 2 aliphatic heterocycles. The second-order valence-electron chi connectivity index (χ2n) is 15.0. The molecule has 2 aliphatic rings. The van der Waals surface area contributed by atoms with Crippen LogP contribution in [0.25, 0.3) is 0 Å². The fourth-order valence-corrected chi connectivity index (χ4v) is 6.33. The van der Waals surface area contributed by atoms with Crippen molar-refractivity contribution in [1.82, 2.24) is 26.2 Å². The van der Waals surface area contributed by atoms with Crippen molar-refractivity contribution < 1.29 is 33.4 Å². The van der Waals surface area contributed by atoms with Gasteiger partial charge in [0.25, 0.3) is 0 Å². The Morgan fingerprint density at radius 3 is 1.77 bits per heavy atom. The van der Waals surface area contributed by atoms with E-state index in [0.29, 0.717) is 58.6 Å².